The van der Waals surface area contributed by atoms with E-state index in [-0.39, 0.29) is 11.9 Å². The Morgan fingerprint density at radius 3 is 2.95 bits per heavy atom. The van der Waals surface area contributed by atoms with Crippen molar-refractivity contribution in [1.82, 2.24) is 14.9 Å². The van der Waals surface area contributed by atoms with Crippen LogP contribution in [0.1, 0.15) is 24.6 Å². The lowest BCUT2D eigenvalue weighted by molar-refractivity contribution is -0.135. The second-order valence-corrected chi connectivity index (χ2v) is 5.30. The van der Waals surface area contributed by atoms with Crippen molar-refractivity contribution >= 4 is 11.7 Å². The Hall–Kier alpha value is -1.69. The fourth-order valence-electron chi connectivity index (χ4n) is 2.81. The molecule has 1 aliphatic heterocycles. The topological polar surface area (TPSA) is 67.4 Å². The van der Waals surface area contributed by atoms with Gasteiger partial charge in [-0.25, -0.2) is 9.97 Å². The number of hydrogen-bond acceptors (Lipinski definition) is 5. The number of carbonyl (C=O) groups is 1. The van der Waals surface area contributed by atoms with E-state index in [1.165, 1.54) is 5.56 Å². The van der Waals surface area contributed by atoms with Gasteiger partial charge in [0, 0.05) is 24.3 Å². The largest absolute Gasteiger partial charge is 0.378 e. The molecule has 108 valence electrons. The number of nitrogens with one attached hydrogen (secondary N) is 1. The lowest BCUT2D eigenvalue weighted by Crippen LogP contribution is -2.47. The zero-order valence-corrected chi connectivity index (χ0v) is 11.8. The molecule has 20 heavy (non-hydrogen) atoms. The third-order valence-electron chi connectivity index (χ3n) is 3.92. The van der Waals surface area contributed by atoms with Crippen molar-refractivity contribution in [3.8, 4) is 0 Å². The standard InChI is InChI=1S/C14H20N4O2/c1-10(14(19)18-5-7-20-8-6-18)17-13-11-3-2-4-12(11)15-9-16-13/h9-10H,2-8H2,1H3,(H,15,16,17). The summed E-state index contributed by atoms with van der Waals surface area (Å²) in [5.41, 5.74) is 2.29. The molecule has 1 N–H and O–H groups in total. The van der Waals surface area contributed by atoms with Crippen molar-refractivity contribution in [2.24, 2.45) is 0 Å². The first-order valence-electron chi connectivity index (χ1n) is 7.21. The molecule has 6 heteroatoms. The van der Waals surface area contributed by atoms with Crippen molar-refractivity contribution in [3.63, 3.8) is 0 Å². The molecular formula is C14H20N4O2. The molecule has 0 saturated carbocycles. The van der Waals surface area contributed by atoms with E-state index in [0.29, 0.717) is 26.3 Å². The van der Waals surface area contributed by atoms with Crippen LogP contribution in [0.5, 0.6) is 0 Å². The summed E-state index contributed by atoms with van der Waals surface area (Å²) in [7, 11) is 0. The summed E-state index contributed by atoms with van der Waals surface area (Å²) in [6.07, 6.45) is 4.71. The number of hydrogen-bond donors (Lipinski definition) is 1. The zero-order valence-electron chi connectivity index (χ0n) is 11.8. The molecule has 0 spiro atoms. The lowest BCUT2D eigenvalue weighted by atomic mass is 10.2. The molecule has 1 unspecified atom stereocenters. The van der Waals surface area contributed by atoms with Crippen LogP contribution in [0.4, 0.5) is 5.82 Å². The maximum Gasteiger partial charge on any atom is 0.244 e. The van der Waals surface area contributed by atoms with Gasteiger partial charge in [-0.15, -0.1) is 0 Å². The van der Waals surface area contributed by atoms with Crippen molar-refractivity contribution in [2.75, 3.05) is 31.6 Å². The number of nitrogens with zero attached hydrogens (tertiary/aromatic N) is 3. The Morgan fingerprint density at radius 2 is 2.15 bits per heavy atom. The van der Waals surface area contributed by atoms with Gasteiger partial charge in [-0.2, -0.15) is 0 Å². The van der Waals surface area contributed by atoms with E-state index in [4.69, 9.17) is 4.74 Å². The SMILES string of the molecule is CC(Nc1ncnc2c1CCC2)C(=O)N1CCOCC1. The van der Waals surface area contributed by atoms with E-state index in [1.54, 1.807) is 6.33 Å². The fourth-order valence-corrected chi connectivity index (χ4v) is 2.81. The first-order chi connectivity index (χ1) is 9.75. The van der Waals surface area contributed by atoms with E-state index in [2.05, 4.69) is 15.3 Å². The third-order valence-corrected chi connectivity index (χ3v) is 3.92. The summed E-state index contributed by atoms with van der Waals surface area (Å²) in [5.74, 6) is 0.931. The number of morpholine rings is 1. The molecule has 3 rings (SSSR count). The molecule has 1 aliphatic carbocycles. The van der Waals surface area contributed by atoms with E-state index in [9.17, 15) is 4.79 Å². The van der Waals surface area contributed by atoms with Gasteiger partial charge in [-0.05, 0) is 26.2 Å². The van der Waals surface area contributed by atoms with Crippen LogP contribution in [-0.4, -0.2) is 53.1 Å². The summed E-state index contributed by atoms with van der Waals surface area (Å²) in [6.45, 7) is 4.49. The molecule has 2 aliphatic rings. The Labute approximate surface area is 118 Å². The summed E-state index contributed by atoms with van der Waals surface area (Å²) in [5, 5.41) is 3.26. The maximum absolute atomic E-state index is 12.4. The number of ether oxygens (including phenoxy) is 1. The van der Waals surface area contributed by atoms with Gasteiger partial charge in [-0.1, -0.05) is 0 Å². The molecule has 1 aromatic rings. The molecule has 1 aromatic heterocycles. The Balaban J connectivity index is 1.68. The highest BCUT2D eigenvalue weighted by atomic mass is 16.5. The number of anilines is 1. The molecule has 6 nitrogen and oxygen atoms in total. The predicted molar refractivity (Wildman–Crippen MR) is 74.5 cm³/mol. The third kappa shape index (κ3) is 2.60. The Bertz CT molecular complexity index is 500. The fraction of sp³-hybridized carbons (Fsp3) is 0.643. The van der Waals surface area contributed by atoms with Gasteiger partial charge in [0.05, 0.1) is 13.2 Å². The quantitative estimate of drug-likeness (QED) is 0.877. The van der Waals surface area contributed by atoms with Crippen LogP contribution in [0.3, 0.4) is 0 Å². The first kappa shape index (κ1) is 13.3. The van der Waals surface area contributed by atoms with Crippen LogP contribution in [0, 0.1) is 0 Å². The van der Waals surface area contributed by atoms with E-state index in [1.807, 2.05) is 11.8 Å². The number of amides is 1. The second kappa shape index (κ2) is 5.75. The minimum Gasteiger partial charge on any atom is -0.378 e. The van der Waals surface area contributed by atoms with Crippen LogP contribution >= 0.6 is 0 Å². The van der Waals surface area contributed by atoms with Crippen molar-refractivity contribution < 1.29 is 9.53 Å². The average molecular weight is 276 g/mol. The highest BCUT2D eigenvalue weighted by molar-refractivity contribution is 5.84. The predicted octanol–water partition coefficient (Wildman–Crippen LogP) is 0.624. The summed E-state index contributed by atoms with van der Waals surface area (Å²) in [6, 6.07) is -0.271. The molecule has 0 aromatic carbocycles. The van der Waals surface area contributed by atoms with Crippen LogP contribution < -0.4 is 5.32 Å². The van der Waals surface area contributed by atoms with Crippen LogP contribution in [-0.2, 0) is 22.4 Å². The highest BCUT2D eigenvalue weighted by Gasteiger charge is 2.24. The zero-order chi connectivity index (χ0) is 13.9. The summed E-state index contributed by atoms with van der Waals surface area (Å²) < 4.78 is 5.27. The van der Waals surface area contributed by atoms with Gasteiger partial charge in [0.25, 0.3) is 0 Å². The van der Waals surface area contributed by atoms with Crippen molar-refractivity contribution in [3.05, 3.63) is 17.6 Å². The monoisotopic (exact) mass is 276 g/mol. The van der Waals surface area contributed by atoms with Gasteiger partial charge >= 0.3 is 0 Å². The number of aromatic nitrogens is 2. The molecular weight excluding hydrogens is 256 g/mol. The minimum absolute atomic E-state index is 0.110. The molecule has 1 fully saturated rings. The van der Waals surface area contributed by atoms with Crippen LogP contribution in [0.2, 0.25) is 0 Å². The molecule has 0 bridgehead atoms. The van der Waals surface area contributed by atoms with Gasteiger partial charge < -0.3 is 15.0 Å². The van der Waals surface area contributed by atoms with Gasteiger partial charge in [0.1, 0.15) is 18.2 Å². The first-order valence-corrected chi connectivity index (χ1v) is 7.21. The molecule has 2 heterocycles. The van der Waals surface area contributed by atoms with Crippen LogP contribution in [0.15, 0.2) is 6.33 Å². The average Bonchev–Trinajstić information content (AvgIpc) is 2.97. The van der Waals surface area contributed by atoms with Crippen molar-refractivity contribution in [2.45, 2.75) is 32.2 Å². The molecule has 0 radical (unpaired) electrons. The van der Waals surface area contributed by atoms with E-state index < -0.39 is 0 Å². The Morgan fingerprint density at radius 1 is 1.35 bits per heavy atom. The smallest absolute Gasteiger partial charge is 0.244 e. The molecule has 1 saturated heterocycles. The molecule has 1 atom stereocenters. The van der Waals surface area contributed by atoms with E-state index >= 15 is 0 Å². The number of carbonyl (C=O) groups excluding carboxylic acids is 1. The molecule has 1 amide bonds. The van der Waals surface area contributed by atoms with Crippen LogP contribution in [0.25, 0.3) is 0 Å². The van der Waals surface area contributed by atoms with Crippen molar-refractivity contribution in [1.29, 1.82) is 0 Å². The summed E-state index contributed by atoms with van der Waals surface area (Å²) in [4.78, 5) is 22.8. The number of fused-ring (bicyclic) bond motifs is 1. The Kier molecular flexibility index (Phi) is 3.82. The van der Waals surface area contributed by atoms with Gasteiger partial charge in [0.15, 0.2) is 0 Å². The number of aryl methyl sites for hydroxylation is 1. The van der Waals surface area contributed by atoms with Gasteiger partial charge in [-0.3, -0.25) is 4.79 Å². The van der Waals surface area contributed by atoms with Gasteiger partial charge in [0.2, 0.25) is 5.91 Å². The lowest BCUT2D eigenvalue weighted by Gasteiger charge is -2.29. The minimum atomic E-state index is -0.271. The second-order valence-electron chi connectivity index (χ2n) is 5.30. The van der Waals surface area contributed by atoms with E-state index in [0.717, 1.165) is 30.8 Å². The number of rotatable bonds is 3. The normalized spacial score (nSPS) is 19.6. The highest BCUT2D eigenvalue weighted by Crippen LogP contribution is 2.25. The summed E-state index contributed by atoms with van der Waals surface area (Å²) >= 11 is 0. The maximum atomic E-state index is 12.4.